The molecule has 0 heterocycles. The number of nitrogens with two attached hydrogens (primary N) is 1. The van der Waals surface area contributed by atoms with Crippen LogP contribution in [0.5, 0.6) is 5.75 Å². The molecule has 1 aromatic rings. The number of ether oxygens (including phenoxy) is 1. The Morgan fingerprint density at radius 1 is 1.44 bits per heavy atom. The van der Waals surface area contributed by atoms with E-state index in [4.69, 9.17) is 22.1 Å². The molecule has 0 saturated carbocycles. The number of hydrogen-bond acceptors (Lipinski definition) is 3. The summed E-state index contributed by atoms with van der Waals surface area (Å²) in [6.45, 7) is 4.88. The Kier molecular flexibility index (Phi) is 7.56. The number of hydrogen-bond donors (Lipinski definition) is 1. The molecule has 1 unspecified atom stereocenters. The fourth-order valence-electron chi connectivity index (χ4n) is 1.68. The summed E-state index contributed by atoms with van der Waals surface area (Å²) in [5, 5.41) is 0.743. The molecule has 4 heteroatoms. The second-order valence-electron chi connectivity index (χ2n) is 4.30. The highest BCUT2D eigenvalue weighted by Gasteiger charge is 2.10. The lowest BCUT2D eigenvalue weighted by Gasteiger charge is -2.14. The van der Waals surface area contributed by atoms with Crippen LogP contribution in [0.2, 0.25) is 5.02 Å². The highest BCUT2D eigenvalue weighted by Crippen LogP contribution is 2.27. The molecule has 1 aromatic carbocycles. The molecule has 0 fully saturated rings. The predicted octanol–water partition coefficient (Wildman–Crippen LogP) is 3.75. The quantitative estimate of drug-likeness (QED) is 0.740. The first-order chi connectivity index (χ1) is 8.65. The van der Waals surface area contributed by atoms with Crippen molar-refractivity contribution in [1.29, 1.82) is 0 Å². The van der Waals surface area contributed by atoms with Gasteiger partial charge in [-0.1, -0.05) is 24.6 Å². The smallest absolute Gasteiger partial charge is 0.124 e. The van der Waals surface area contributed by atoms with Gasteiger partial charge in [0.1, 0.15) is 5.75 Å². The molecule has 102 valence electrons. The standard InChI is InChI=1S/C14H22ClNOS/c1-3-18-9-5-8-17-14-7-4-6-13(15)12(14)10-11(2)16/h4,6-7,11H,3,5,8-10,16H2,1-2H3. The third-order valence-corrected chi connectivity index (χ3v) is 3.84. The van der Waals surface area contributed by atoms with E-state index in [-0.39, 0.29) is 6.04 Å². The summed E-state index contributed by atoms with van der Waals surface area (Å²) in [6, 6.07) is 5.86. The molecule has 0 bridgehead atoms. The first-order valence-electron chi connectivity index (χ1n) is 6.38. The van der Waals surface area contributed by atoms with E-state index in [0.29, 0.717) is 0 Å². The van der Waals surface area contributed by atoms with Crippen LogP contribution in [0.15, 0.2) is 18.2 Å². The largest absolute Gasteiger partial charge is 0.493 e. The van der Waals surface area contributed by atoms with Crippen LogP contribution in [0.1, 0.15) is 25.8 Å². The van der Waals surface area contributed by atoms with Gasteiger partial charge in [-0.3, -0.25) is 0 Å². The van der Waals surface area contributed by atoms with Gasteiger partial charge in [0.2, 0.25) is 0 Å². The molecule has 0 aliphatic rings. The molecule has 0 radical (unpaired) electrons. The molecule has 2 N–H and O–H groups in total. The number of halogens is 1. The van der Waals surface area contributed by atoms with Gasteiger partial charge in [-0.25, -0.2) is 0 Å². The van der Waals surface area contributed by atoms with E-state index in [2.05, 4.69) is 6.92 Å². The Hall–Kier alpha value is -0.380. The van der Waals surface area contributed by atoms with E-state index in [1.54, 1.807) is 0 Å². The van der Waals surface area contributed by atoms with Crippen LogP contribution in [-0.4, -0.2) is 24.2 Å². The van der Waals surface area contributed by atoms with Crippen LogP contribution < -0.4 is 10.5 Å². The summed E-state index contributed by atoms with van der Waals surface area (Å²) in [6.07, 6.45) is 1.81. The molecule has 0 aliphatic heterocycles. The van der Waals surface area contributed by atoms with E-state index < -0.39 is 0 Å². The van der Waals surface area contributed by atoms with Gasteiger partial charge in [0, 0.05) is 16.6 Å². The normalized spacial score (nSPS) is 12.4. The van der Waals surface area contributed by atoms with Crippen LogP contribution in [0.3, 0.4) is 0 Å². The van der Waals surface area contributed by atoms with Crippen molar-refractivity contribution in [3.05, 3.63) is 28.8 Å². The number of benzene rings is 1. The SMILES string of the molecule is CCSCCCOc1cccc(Cl)c1CC(C)N. The minimum atomic E-state index is 0.0860. The lowest BCUT2D eigenvalue weighted by atomic mass is 10.1. The van der Waals surface area contributed by atoms with E-state index in [0.717, 1.165) is 47.3 Å². The van der Waals surface area contributed by atoms with Gasteiger partial charge in [-0.2, -0.15) is 11.8 Å². The summed E-state index contributed by atoms with van der Waals surface area (Å²) < 4.78 is 5.81. The minimum Gasteiger partial charge on any atom is -0.493 e. The molecule has 1 atom stereocenters. The van der Waals surface area contributed by atoms with Crippen LogP contribution >= 0.6 is 23.4 Å². The van der Waals surface area contributed by atoms with E-state index in [1.807, 2.05) is 36.9 Å². The maximum atomic E-state index is 6.20. The molecule has 1 rings (SSSR count). The van der Waals surface area contributed by atoms with Crippen molar-refractivity contribution in [2.45, 2.75) is 32.7 Å². The fraction of sp³-hybridized carbons (Fsp3) is 0.571. The predicted molar refractivity (Wildman–Crippen MR) is 81.9 cm³/mol. The van der Waals surface area contributed by atoms with Gasteiger partial charge >= 0.3 is 0 Å². The summed E-state index contributed by atoms with van der Waals surface area (Å²) in [5.41, 5.74) is 6.86. The van der Waals surface area contributed by atoms with Crippen LogP contribution in [0, 0.1) is 0 Å². The van der Waals surface area contributed by atoms with Crippen molar-refractivity contribution in [2.75, 3.05) is 18.1 Å². The molecule has 0 amide bonds. The van der Waals surface area contributed by atoms with Gasteiger partial charge in [0.05, 0.1) is 6.61 Å². The van der Waals surface area contributed by atoms with Gasteiger partial charge < -0.3 is 10.5 Å². The summed E-state index contributed by atoms with van der Waals surface area (Å²) >= 11 is 8.13. The average Bonchev–Trinajstić information content (AvgIpc) is 2.32. The second kappa shape index (κ2) is 8.68. The first-order valence-corrected chi connectivity index (χ1v) is 7.92. The van der Waals surface area contributed by atoms with Crippen molar-refractivity contribution in [3.63, 3.8) is 0 Å². The lowest BCUT2D eigenvalue weighted by Crippen LogP contribution is -2.18. The molecular formula is C14H22ClNOS. The van der Waals surface area contributed by atoms with Gasteiger partial charge in [0.15, 0.2) is 0 Å². The van der Waals surface area contributed by atoms with Gasteiger partial charge in [-0.05, 0) is 43.4 Å². The molecule has 0 spiro atoms. The Morgan fingerprint density at radius 3 is 2.89 bits per heavy atom. The number of rotatable bonds is 8. The van der Waals surface area contributed by atoms with Crippen molar-refractivity contribution in [1.82, 2.24) is 0 Å². The Bertz CT molecular complexity index is 358. The van der Waals surface area contributed by atoms with E-state index in [1.165, 1.54) is 0 Å². The minimum absolute atomic E-state index is 0.0860. The molecule has 0 saturated heterocycles. The third-order valence-electron chi connectivity index (χ3n) is 2.50. The zero-order valence-corrected chi connectivity index (χ0v) is 12.7. The second-order valence-corrected chi connectivity index (χ2v) is 6.10. The monoisotopic (exact) mass is 287 g/mol. The zero-order valence-electron chi connectivity index (χ0n) is 11.1. The average molecular weight is 288 g/mol. The van der Waals surface area contributed by atoms with Crippen LogP contribution in [-0.2, 0) is 6.42 Å². The molecule has 0 aromatic heterocycles. The number of thioether (sulfide) groups is 1. The van der Waals surface area contributed by atoms with Gasteiger partial charge in [0.25, 0.3) is 0 Å². The van der Waals surface area contributed by atoms with Crippen molar-refractivity contribution in [2.24, 2.45) is 5.73 Å². The fourth-order valence-corrected chi connectivity index (χ4v) is 2.54. The van der Waals surface area contributed by atoms with E-state index in [9.17, 15) is 0 Å². The van der Waals surface area contributed by atoms with Gasteiger partial charge in [-0.15, -0.1) is 0 Å². The Labute approximate surface area is 119 Å². The topological polar surface area (TPSA) is 35.2 Å². The van der Waals surface area contributed by atoms with Crippen molar-refractivity contribution in [3.8, 4) is 5.75 Å². The summed E-state index contributed by atoms with van der Waals surface area (Å²) in [4.78, 5) is 0. The molecular weight excluding hydrogens is 266 g/mol. The molecule has 0 aliphatic carbocycles. The maximum absolute atomic E-state index is 6.20. The summed E-state index contributed by atoms with van der Waals surface area (Å²) in [7, 11) is 0. The Morgan fingerprint density at radius 2 is 2.22 bits per heavy atom. The Balaban J connectivity index is 2.55. The van der Waals surface area contributed by atoms with Crippen LogP contribution in [0.25, 0.3) is 0 Å². The first kappa shape index (κ1) is 15.7. The highest BCUT2D eigenvalue weighted by atomic mass is 35.5. The maximum Gasteiger partial charge on any atom is 0.124 e. The third kappa shape index (κ3) is 5.51. The molecule has 18 heavy (non-hydrogen) atoms. The van der Waals surface area contributed by atoms with Crippen molar-refractivity contribution >= 4 is 23.4 Å². The van der Waals surface area contributed by atoms with Crippen molar-refractivity contribution < 1.29 is 4.74 Å². The summed E-state index contributed by atoms with van der Waals surface area (Å²) in [5.74, 6) is 3.17. The van der Waals surface area contributed by atoms with Crippen LogP contribution in [0.4, 0.5) is 0 Å². The zero-order chi connectivity index (χ0) is 13.4. The molecule has 2 nitrogen and oxygen atoms in total. The highest BCUT2D eigenvalue weighted by molar-refractivity contribution is 7.99. The van der Waals surface area contributed by atoms with E-state index >= 15 is 0 Å². The lowest BCUT2D eigenvalue weighted by molar-refractivity contribution is 0.315.